The number of sulfone groups is 1. The lowest BCUT2D eigenvalue weighted by molar-refractivity contribution is -0.144. The Morgan fingerprint density at radius 1 is 1.00 bits per heavy atom. The number of benzene rings is 3. The fourth-order valence-corrected chi connectivity index (χ4v) is 6.03. The Kier molecular flexibility index (Phi) is 10.7. The number of carbonyl (C=O) groups excluding carboxylic acids is 1. The van der Waals surface area contributed by atoms with E-state index >= 15 is 0 Å². The molecule has 0 radical (unpaired) electrons. The number of nitrogens with zero attached hydrogens (tertiary/aromatic N) is 2. The third-order valence-electron chi connectivity index (χ3n) is 6.13. The van der Waals surface area contributed by atoms with Crippen molar-refractivity contribution in [3.05, 3.63) is 118 Å². The van der Waals surface area contributed by atoms with Gasteiger partial charge in [-0.05, 0) is 60.5 Å². The Bertz CT molecular complexity index is 1700. The second-order valence-electron chi connectivity index (χ2n) is 9.57. The molecule has 0 aliphatic heterocycles. The van der Waals surface area contributed by atoms with Crippen LogP contribution in [0, 0.1) is 0 Å². The lowest BCUT2D eigenvalue weighted by Gasteiger charge is -2.21. The molecule has 0 aliphatic rings. The third kappa shape index (κ3) is 8.87. The number of thiophene rings is 1. The summed E-state index contributed by atoms with van der Waals surface area (Å²) in [6, 6.07) is 27.8. The maximum absolute atomic E-state index is 12.4. The van der Waals surface area contributed by atoms with Crippen LogP contribution in [0.5, 0.6) is 0 Å². The van der Waals surface area contributed by atoms with Gasteiger partial charge in [0.25, 0.3) is 0 Å². The third-order valence-corrected chi connectivity index (χ3v) is 8.72. The van der Waals surface area contributed by atoms with E-state index in [1.54, 1.807) is 37.3 Å². The van der Waals surface area contributed by atoms with Crippen molar-refractivity contribution >= 4 is 50.1 Å². The number of hydrogen-bond donors (Lipinski definition) is 1. The second-order valence-corrected chi connectivity index (χ2v) is 13.1. The van der Waals surface area contributed by atoms with Crippen LogP contribution in [0.3, 0.4) is 0 Å². The fraction of sp³-hybridized carbons (Fsp3) is 0.188. The average molecular weight is 622 g/mol. The van der Waals surface area contributed by atoms with E-state index in [9.17, 15) is 13.2 Å². The van der Waals surface area contributed by atoms with Crippen LogP contribution in [0.1, 0.15) is 17.4 Å². The molecule has 0 atom stereocenters. The molecule has 0 aliphatic carbocycles. The van der Waals surface area contributed by atoms with Crippen LogP contribution in [0.15, 0.2) is 113 Å². The largest absolute Gasteiger partial charge is 0.465 e. The van der Waals surface area contributed by atoms with Gasteiger partial charge in [0.05, 0.1) is 39.3 Å². The van der Waals surface area contributed by atoms with Crippen molar-refractivity contribution in [3.63, 3.8) is 0 Å². The highest BCUT2D eigenvalue weighted by atomic mass is 35.5. The van der Waals surface area contributed by atoms with Gasteiger partial charge in [-0.25, -0.2) is 13.4 Å². The van der Waals surface area contributed by atoms with E-state index in [-0.39, 0.29) is 17.4 Å². The Hall–Kier alpha value is -3.76. The first-order valence-corrected chi connectivity index (χ1v) is 16.3. The molecule has 0 fully saturated rings. The van der Waals surface area contributed by atoms with Crippen LogP contribution in [0.4, 0.5) is 5.69 Å². The maximum atomic E-state index is 12.4. The summed E-state index contributed by atoms with van der Waals surface area (Å²) in [4.78, 5) is 21.1. The smallest absolute Gasteiger partial charge is 0.320 e. The highest BCUT2D eigenvalue weighted by Gasteiger charge is 2.16. The van der Waals surface area contributed by atoms with E-state index in [1.165, 1.54) is 17.6 Å². The summed E-state index contributed by atoms with van der Waals surface area (Å²) in [5.41, 5.74) is 10.1. The topological polar surface area (TPSA) is 102 Å². The molecule has 0 spiro atoms. The average Bonchev–Trinajstić information content (AvgIpc) is 3.45. The molecule has 3 aromatic carbocycles. The van der Waals surface area contributed by atoms with E-state index in [0.717, 1.165) is 20.9 Å². The van der Waals surface area contributed by atoms with Crippen molar-refractivity contribution in [2.75, 3.05) is 26.0 Å². The van der Waals surface area contributed by atoms with E-state index < -0.39 is 9.84 Å². The summed E-state index contributed by atoms with van der Waals surface area (Å²) in [5.74, 6) is -0.328. The summed E-state index contributed by atoms with van der Waals surface area (Å²) in [7, 11) is -3.35. The number of ether oxygens (including phenoxy) is 1. The molecule has 4 aromatic rings. The summed E-state index contributed by atoms with van der Waals surface area (Å²) in [6.45, 7) is 2.95. The minimum absolute atomic E-state index is 0.0775. The number of halogens is 1. The van der Waals surface area contributed by atoms with Gasteiger partial charge in [-0.15, -0.1) is 11.3 Å². The molecule has 0 unspecified atom stereocenters. The number of para-hydroxylation sites is 1. The first kappa shape index (κ1) is 31.2. The van der Waals surface area contributed by atoms with Crippen molar-refractivity contribution in [2.45, 2.75) is 18.4 Å². The van der Waals surface area contributed by atoms with Gasteiger partial charge < -0.3 is 10.5 Å². The predicted molar refractivity (Wildman–Crippen MR) is 171 cm³/mol. The quantitative estimate of drug-likeness (QED) is 0.143. The van der Waals surface area contributed by atoms with Crippen molar-refractivity contribution in [2.24, 2.45) is 10.7 Å². The van der Waals surface area contributed by atoms with E-state index in [2.05, 4.69) is 0 Å². The molecule has 7 nitrogen and oxygen atoms in total. The zero-order chi connectivity index (χ0) is 30.1. The van der Waals surface area contributed by atoms with Gasteiger partial charge >= 0.3 is 5.97 Å². The zero-order valence-electron chi connectivity index (χ0n) is 23.4. The lowest BCUT2D eigenvalue weighted by atomic mass is 10.2. The molecule has 1 heterocycles. The Morgan fingerprint density at radius 2 is 1.74 bits per heavy atom. The molecule has 1 aromatic heterocycles. The highest BCUT2D eigenvalue weighted by Crippen LogP contribution is 2.32. The highest BCUT2D eigenvalue weighted by molar-refractivity contribution is 7.90. The first-order chi connectivity index (χ1) is 20.1. The number of carbonyl (C=O) groups is 1. The van der Waals surface area contributed by atoms with E-state index in [1.807, 2.05) is 71.6 Å². The van der Waals surface area contributed by atoms with Crippen molar-refractivity contribution in [1.29, 1.82) is 0 Å². The Morgan fingerprint density at radius 3 is 2.45 bits per heavy atom. The monoisotopic (exact) mass is 621 g/mol. The summed E-state index contributed by atoms with van der Waals surface area (Å²) in [5, 5.41) is 0.493. The van der Waals surface area contributed by atoms with Crippen LogP contribution in [0.2, 0.25) is 5.02 Å². The zero-order valence-corrected chi connectivity index (χ0v) is 25.8. The molecule has 0 saturated heterocycles. The van der Waals surface area contributed by atoms with Crippen molar-refractivity contribution in [1.82, 2.24) is 4.90 Å². The molecule has 2 N–H and O–H groups in total. The summed E-state index contributed by atoms with van der Waals surface area (Å²) in [6.07, 6.45) is 2.98. The summed E-state index contributed by atoms with van der Waals surface area (Å²) < 4.78 is 29.4. The molecule has 4 rings (SSSR count). The lowest BCUT2D eigenvalue weighted by Crippen LogP contribution is -2.34. The molecule has 0 bridgehead atoms. The molecular formula is C32H32ClN3O4S2. The first-order valence-electron chi connectivity index (χ1n) is 13.2. The Labute approximate surface area is 255 Å². The number of esters is 1. The SMILES string of the molecule is CCOC(=O)CN(C/C(N)=C/C(=Nc1ccccc1Cl)c1ccc(-c2cccc(S(C)(=O)=O)c2)s1)Cc1ccccc1. The van der Waals surface area contributed by atoms with Crippen LogP contribution in [-0.4, -0.2) is 51.0 Å². The van der Waals surface area contributed by atoms with Crippen LogP contribution < -0.4 is 5.73 Å². The van der Waals surface area contributed by atoms with Crippen LogP contribution in [0.25, 0.3) is 10.4 Å². The number of nitrogens with two attached hydrogens (primary N) is 1. The molecular weight excluding hydrogens is 590 g/mol. The van der Waals surface area contributed by atoms with Gasteiger partial charge in [0, 0.05) is 29.9 Å². The predicted octanol–water partition coefficient (Wildman–Crippen LogP) is 6.50. The standard InChI is InChI=1S/C32H32ClN3O4S2/c1-3-40-32(37)22-36(20-23-10-5-4-6-11-23)21-25(34)19-29(35-28-15-8-7-14-27(28)33)31-17-16-30(41-31)24-12-9-13-26(18-24)42(2,38)39/h4-19H,3,20-22,34H2,1-2H3/b25-19-,35-29?. The van der Waals surface area contributed by atoms with Gasteiger partial charge in [0.15, 0.2) is 9.84 Å². The molecule has 0 amide bonds. The number of rotatable bonds is 12. The van der Waals surface area contributed by atoms with E-state index in [0.29, 0.717) is 41.8 Å². The number of aliphatic imine (C=N–C) groups is 1. The maximum Gasteiger partial charge on any atom is 0.320 e. The summed E-state index contributed by atoms with van der Waals surface area (Å²) >= 11 is 7.91. The molecule has 0 saturated carbocycles. The van der Waals surface area contributed by atoms with E-state index in [4.69, 9.17) is 27.1 Å². The van der Waals surface area contributed by atoms with Gasteiger partial charge in [-0.3, -0.25) is 9.69 Å². The number of hydrogen-bond acceptors (Lipinski definition) is 8. The molecule has 42 heavy (non-hydrogen) atoms. The van der Waals surface area contributed by atoms with Gasteiger partial charge in [0.2, 0.25) is 0 Å². The molecule has 218 valence electrons. The van der Waals surface area contributed by atoms with Gasteiger partial charge in [0.1, 0.15) is 0 Å². The molecule has 10 heteroatoms. The number of allylic oxidation sites excluding steroid dienone is 1. The van der Waals surface area contributed by atoms with Gasteiger partial charge in [-0.2, -0.15) is 0 Å². The Balaban J connectivity index is 1.69. The second kappa shape index (κ2) is 14.4. The van der Waals surface area contributed by atoms with Crippen molar-refractivity contribution in [3.8, 4) is 10.4 Å². The fourth-order valence-electron chi connectivity index (χ4n) is 4.22. The van der Waals surface area contributed by atoms with Crippen LogP contribution >= 0.6 is 22.9 Å². The minimum Gasteiger partial charge on any atom is -0.465 e. The van der Waals surface area contributed by atoms with Crippen LogP contribution in [-0.2, 0) is 25.9 Å². The van der Waals surface area contributed by atoms with Gasteiger partial charge in [-0.1, -0.05) is 66.2 Å². The minimum atomic E-state index is -3.35. The van der Waals surface area contributed by atoms with Crippen molar-refractivity contribution < 1.29 is 17.9 Å². The normalized spacial score (nSPS) is 12.5.